The molecule has 0 saturated carbocycles. The lowest BCUT2D eigenvalue weighted by Gasteiger charge is -2.12. The average molecular weight is 438 g/mol. The predicted molar refractivity (Wildman–Crippen MR) is 118 cm³/mol. The van der Waals surface area contributed by atoms with Gasteiger partial charge in [-0.15, -0.1) is 0 Å². The predicted octanol–water partition coefficient (Wildman–Crippen LogP) is 4.43. The largest absolute Gasteiger partial charge is 0.490 e. The number of benzene rings is 2. The molecule has 158 valence electrons. The first-order chi connectivity index (χ1) is 15.0. The molecule has 1 heterocycles. The van der Waals surface area contributed by atoms with Crippen LogP contribution in [0, 0.1) is 6.92 Å². The van der Waals surface area contributed by atoms with Gasteiger partial charge in [0.2, 0.25) is 0 Å². The van der Waals surface area contributed by atoms with Gasteiger partial charge in [0.25, 0.3) is 5.91 Å². The van der Waals surface area contributed by atoms with Gasteiger partial charge < -0.3 is 9.47 Å². The lowest BCUT2D eigenvalue weighted by molar-refractivity contribution is 0.0728. The van der Waals surface area contributed by atoms with Gasteiger partial charge in [0.05, 0.1) is 29.0 Å². The van der Waals surface area contributed by atoms with E-state index in [0.29, 0.717) is 28.5 Å². The highest BCUT2D eigenvalue weighted by Gasteiger charge is 2.15. The van der Waals surface area contributed by atoms with Crippen molar-refractivity contribution in [1.29, 1.82) is 0 Å². The normalized spacial score (nSPS) is 10.7. The molecule has 0 aliphatic carbocycles. The second kappa shape index (κ2) is 10.4. The number of esters is 1. The molecule has 0 fully saturated rings. The Kier molecular flexibility index (Phi) is 7.35. The molecule has 3 aromatic rings. The number of halogens is 1. The lowest BCUT2D eigenvalue weighted by Crippen LogP contribution is -2.17. The number of pyridine rings is 1. The summed E-state index contributed by atoms with van der Waals surface area (Å²) in [5, 5.41) is 4.26. The van der Waals surface area contributed by atoms with Crippen molar-refractivity contribution in [2.75, 3.05) is 6.61 Å². The molecular weight excluding hydrogens is 418 g/mol. The maximum Gasteiger partial charge on any atom is 0.345 e. The van der Waals surface area contributed by atoms with E-state index < -0.39 is 5.97 Å². The number of rotatable bonds is 7. The smallest absolute Gasteiger partial charge is 0.345 e. The molecule has 3 rings (SSSR count). The molecule has 0 bridgehead atoms. The average Bonchev–Trinajstić information content (AvgIpc) is 2.76. The number of amides is 1. The van der Waals surface area contributed by atoms with E-state index >= 15 is 0 Å². The number of nitrogens with zero attached hydrogens (tertiary/aromatic N) is 2. The van der Waals surface area contributed by atoms with Crippen molar-refractivity contribution in [3.8, 4) is 11.5 Å². The standard InChI is InChI=1S/C23H20ClN3O4/c1-3-30-21-12-16(13-26-27-22(28)17-10-8-15(2)25-14-17)9-11-20(21)31-23(29)18-6-4-5-7-19(18)24/h4-14H,3H2,1-2H3,(H,27,28). The Morgan fingerprint density at radius 1 is 1.13 bits per heavy atom. The van der Waals surface area contributed by atoms with Gasteiger partial charge in [-0.05, 0) is 61.9 Å². The molecule has 0 unspecified atom stereocenters. The van der Waals surface area contributed by atoms with E-state index in [4.69, 9.17) is 21.1 Å². The SMILES string of the molecule is CCOc1cc(C=NNC(=O)c2ccc(C)nc2)ccc1OC(=O)c1ccccc1Cl. The summed E-state index contributed by atoms with van der Waals surface area (Å²) >= 11 is 6.06. The summed E-state index contributed by atoms with van der Waals surface area (Å²) in [5.74, 6) is -0.356. The number of ether oxygens (including phenoxy) is 2. The summed E-state index contributed by atoms with van der Waals surface area (Å²) in [6.07, 6.45) is 2.94. The first kappa shape index (κ1) is 22.0. The fourth-order valence-corrected chi connectivity index (χ4v) is 2.78. The van der Waals surface area contributed by atoms with Crippen LogP contribution in [0.25, 0.3) is 0 Å². The second-order valence-electron chi connectivity index (χ2n) is 6.40. The summed E-state index contributed by atoms with van der Waals surface area (Å²) in [7, 11) is 0. The first-order valence-electron chi connectivity index (χ1n) is 9.47. The van der Waals surface area contributed by atoms with E-state index in [9.17, 15) is 9.59 Å². The molecule has 8 heteroatoms. The van der Waals surface area contributed by atoms with Crippen LogP contribution < -0.4 is 14.9 Å². The van der Waals surface area contributed by atoms with Gasteiger partial charge in [-0.2, -0.15) is 5.10 Å². The molecular formula is C23H20ClN3O4. The molecule has 1 amide bonds. The molecule has 0 radical (unpaired) electrons. The molecule has 2 aromatic carbocycles. The highest BCUT2D eigenvalue weighted by Crippen LogP contribution is 2.29. The molecule has 0 aliphatic rings. The molecule has 31 heavy (non-hydrogen) atoms. The molecule has 1 N–H and O–H groups in total. The minimum atomic E-state index is -0.591. The molecule has 0 spiro atoms. The quantitative estimate of drug-likeness (QED) is 0.255. The van der Waals surface area contributed by atoms with E-state index in [1.54, 1.807) is 54.6 Å². The van der Waals surface area contributed by atoms with Crippen LogP contribution >= 0.6 is 11.6 Å². The van der Waals surface area contributed by atoms with Crippen molar-refractivity contribution < 1.29 is 19.1 Å². The highest BCUT2D eigenvalue weighted by atomic mass is 35.5. The van der Waals surface area contributed by atoms with Crippen LogP contribution in [0.3, 0.4) is 0 Å². The van der Waals surface area contributed by atoms with Crippen LogP contribution in [-0.4, -0.2) is 29.7 Å². The topological polar surface area (TPSA) is 89.9 Å². The van der Waals surface area contributed by atoms with E-state index in [0.717, 1.165) is 5.69 Å². The third kappa shape index (κ3) is 5.90. The van der Waals surface area contributed by atoms with Gasteiger partial charge in [-0.1, -0.05) is 23.7 Å². The number of aryl methyl sites for hydroxylation is 1. The number of hydrogen-bond acceptors (Lipinski definition) is 6. The Bertz CT molecular complexity index is 1110. The van der Waals surface area contributed by atoms with Crippen LogP contribution in [0.1, 0.15) is 38.9 Å². The number of aromatic nitrogens is 1. The highest BCUT2D eigenvalue weighted by molar-refractivity contribution is 6.33. The molecule has 1 aromatic heterocycles. The van der Waals surface area contributed by atoms with Gasteiger partial charge in [0.1, 0.15) is 0 Å². The zero-order valence-electron chi connectivity index (χ0n) is 17.0. The number of nitrogens with one attached hydrogen (secondary N) is 1. The third-order valence-corrected chi connectivity index (χ3v) is 4.45. The lowest BCUT2D eigenvalue weighted by atomic mass is 10.2. The van der Waals surface area contributed by atoms with Gasteiger partial charge in [-0.3, -0.25) is 9.78 Å². The Morgan fingerprint density at radius 3 is 2.65 bits per heavy atom. The van der Waals surface area contributed by atoms with Crippen LogP contribution in [-0.2, 0) is 0 Å². The summed E-state index contributed by atoms with van der Waals surface area (Å²) in [6, 6.07) is 15.0. The second-order valence-corrected chi connectivity index (χ2v) is 6.80. The zero-order chi connectivity index (χ0) is 22.2. The van der Waals surface area contributed by atoms with Crippen LogP contribution in [0.5, 0.6) is 11.5 Å². The van der Waals surface area contributed by atoms with Gasteiger partial charge in [0, 0.05) is 11.9 Å². The number of hydrazone groups is 1. The van der Waals surface area contributed by atoms with Crippen molar-refractivity contribution in [3.63, 3.8) is 0 Å². The van der Waals surface area contributed by atoms with E-state index in [2.05, 4.69) is 15.5 Å². The summed E-state index contributed by atoms with van der Waals surface area (Å²) in [4.78, 5) is 28.6. The molecule has 0 atom stereocenters. The number of hydrogen-bond donors (Lipinski definition) is 1. The van der Waals surface area contributed by atoms with Crippen molar-refractivity contribution in [2.45, 2.75) is 13.8 Å². The fourth-order valence-electron chi connectivity index (χ4n) is 2.57. The van der Waals surface area contributed by atoms with Crippen LogP contribution in [0.2, 0.25) is 5.02 Å². The Hall–Kier alpha value is -3.71. The Balaban J connectivity index is 1.71. The van der Waals surface area contributed by atoms with E-state index in [1.165, 1.54) is 12.4 Å². The first-order valence-corrected chi connectivity index (χ1v) is 9.85. The summed E-state index contributed by atoms with van der Waals surface area (Å²) < 4.78 is 11.0. The number of carbonyl (C=O) groups excluding carboxylic acids is 2. The summed E-state index contributed by atoms with van der Waals surface area (Å²) in [6.45, 7) is 4.02. The van der Waals surface area contributed by atoms with E-state index in [-0.39, 0.29) is 17.2 Å². The van der Waals surface area contributed by atoms with Gasteiger partial charge >= 0.3 is 5.97 Å². The monoisotopic (exact) mass is 437 g/mol. The minimum absolute atomic E-state index is 0.249. The van der Waals surface area contributed by atoms with E-state index in [1.807, 2.05) is 13.8 Å². The van der Waals surface area contributed by atoms with Crippen LogP contribution in [0.15, 0.2) is 65.9 Å². The van der Waals surface area contributed by atoms with Crippen molar-refractivity contribution in [3.05, 3.63) is 88.2 Å². The Labute approximate surface area is 184 Å². The Morgan fingerprint density at radius 2 is 1.94 bits per heavy atom. The molecule has 0 saturated heterocycles. The fraction of sp³-hybridized carbons (Fsp3) is 0.130. The van der Waals surface area contributed by atoms with Crippen LogP contribution in [0.4, 0.5) is 0 Å². The molecule has 0 aliphatic heterocycles. The van der Waals surface area contributed by atoms with Crippen molar-refractivity contribution >= 4 is 29.7 Å². The third-order valence-electron chi connectivity index (χ3n) is 4.12. The molecule has 7 nitrogen and oxygen atoms in total. The van der Waals surface area contributed by atoms with Crippen molar-refractivity contribution in [2.24, 2.45) is 5.10 Å². The number of carbonyl (C=O) groups is 2. The maximum atomic E-state index is 12.4. The van der Waals surface area contributed by atoms with Gasteiger partial charge in [-0.25, -0.2) is 10.2 Å². The van der Waals surface area contributed by atoms with Gasteiger partial charge in [0.15, 0.2) is 11.5 Å². The van der Waals surface area contributed by atoms with Crippen molar-refractivity contribution in [1.82, 2.24) is 10.4 Å². The zero-order valence-corrected chi connectivity index (χ0v) is 17.7. The summed E-state index contributed by atoms with van der Waals surface area (Å²) in [5.41, 5.74) is 4.56. The minimum Gasteiger partial charge on any atom is -0.490 e. The maximum absolute atomic E-state index is 12.4.